The van der Waals surface area contributed by atoms with Crippen LogP contribution in [0.1, 0.15) is 28.8 Å². The molecule has 0 aliphatic carbocycles. The van der Waals surface area contributed by atoms with Crippen molar-refractivity contribution in [1.82, 2.24) is 4.90 Å². The number of carbonyl (C=O) groups excluding carboxylic acids is 1. The molecule has 2 rings (SSSR count). The Morgan fingerprint density at radius 3 is 2.60 bits per heavy atom. The molecule has 1 heterocycles. The van der Waals surface area contributed by atoms with Gasteiger partial charge in [0.1, 0.15) is 4.99 Å². The number of carbonyl (C=O) groups is 1. The van der Waals surface area contributed by atoms with Crippen LogP contribution >= 0.6 is 12.2 Å². The van der Waals surface area contributed by atoms with Crippen LogP contribution in [0, 0.1) is 5.92 Å². The minimum atomic E-state index is 0.0186. The van der Waals surface area contributed by atoms with Crippen molar-refractivity contribution in [3.05, 3.63) is 35.4 Å². The third-order valence-electron chi connectivity index (χ3n) is 3.55. The normalized spacial score (nSPS) is 18.6. The zero-order chi connectivity index (χ0) is 14.5. The summed E-state index contributed by atoms with van der Waals surface area (Å²) in [7, 11) is 1.83. The molecule has 0 saturated carbocycles. The molecule has 4 nitrogen and oxygen atoms in total. The molecular formula is C15H20N2O2S. The molecule has 2 N–H and O–H groups in total. The topological polar surface area (TPSA) is 55.6 Å². The second kappa shape index (κ2) is 6.81. The first-order valence-corrected chi connectivity index (χ1v) is 7.22. The van der Waals surface area contributed by atoms with E-state index in [1.54, 1.807) is 29.2 Å². The fraction of sp³-hybridized carbons (Fsp3) is 0.467. The minimum Gasteiger partial charge on any atom is -0.389 e. The lowest BCUT2D eigenvalue weighted by molar-refractivity contribution is 0.0388. The van der Waals surface area contributed by atoms with Crippen LogP contribution < -0.4 is 5.73 Å². The maximum atomic E-state index is 12.3. The monoisotopic (exact) mass is 292 g/mol. The summed E-state index contributed by atoms with van der Waals surface area (Å²) in [5.74, 6) is 0.457. The average Bonchev–Trinajstić information content (AvgIpc) is 2.47. The van der Waals surface area contributed by atoms with Gasteiger partial charge < -0.3 is 15.4 Å². The largest absolute Gasteiger partial charge is 0.389 e. The van der Waals surface area contributed by atoms with E-state index in [4.69, 9.17) is 22.7 Å². The lowest BCUT2D eigenvalue weighted by Crippen LogP contribution is -2.35. The molecule has 1 aromatic carbocycles. The Bertz CT molecular complexity index is 481. The van der Waals surface area contributed by atoms with Crippen LogP contribution in [0.2, 0.25) is 0 Å². The lowest BCUT2D eigenvalue weighted by Gasteiger charge is -2.27. The molecule has 5 heteroatoms. The zero-order valence-corrected chi connectivity index (χ0v) is 12.5. The number of hydrogen-bond acceptors (Lipinski definition) is 3. The molecular weight excluding hydrogens is 272 g/mol. The van der Waals surface area contributed by atoms with Gasteiger partial charge in [-0.05, 0) is 30.9 Å². The summed E-state index contributed by atoms with van der Waals surface area (Å²) in [5, 5.41) is 0. The van der Waals surface area contributed by atoms with Crippen LogP contribution in [-0.4, -0.2) is 42.6 Å². The van der Waals surface area contributed by atoms with E-state index in [1.807, 2.05) is 7.05 Å². The molecule has 0 aromatic heterocycles. The van der Waals surface area contributed by atoms with E-state index < -0.39 is 0 Å². The highest BCUT2D eigenvalue weighted by Gasteiger charge is 2.19. The van der Waals surface area contributed by atoms with Gasteiger partial charge in [-0.25, -0.2) is 0 Å². The molecule has 1 aliphatic heterocycles. The number of rotatable bonds is 4. The lowest BCUT2D eigenvalue weighted by atomic mass is 10.0. The van der Waals surface area contributed by atoms with Crippen molar-refractivity contribution in [2.45, 2.75) is 12.8 Å². The first-order chi connectivity index (χ1) is 9.58. The average molecular weight is 292 g/mol. The molecule has 1 unspecified atom stereocenters. The van der Waals surface area contributed by atoms with Gasteiger partial charge in [-0.15, -0.1) is 0 Å². The Kier molecular flexibility index (Phi) is 5.09. The molecule has 0 spiro atoms. The molecule has 0 radical (unpaired) electrons. The quantitative estimate of drug-likeness (QED) is 0.860. The van der Waals surface area contributed by atoms with E-state index in [-0.39, 0.29) is 5.91 Å². The zero-order valence-electron chi connectivity index (χ0n) is 11.7. The van der Waals surface area contributed by atoms with E-state index in [1.165, 1.54) is 0 Å². The second-order valence-corrected chi connectivity index (χ2v) is 5.65. The maximum absolute atomic E-state index is 12.3. The SMILES string of the molecule is CN(CC1CCCOC1)C(=O)c1ccc(C(N)=S)cc1. The molecule has 1 fully saturated rings. The summed E-state index contributed by atoms with van der Waals surface area (Å²) in [6.45, 7) is 2.32. The number of hydrogen-bond donors (Lipinski definition) is 1. The number of amides is 1. The van der Waals surface area contributed by atoms with Crippen LogP contribution in [0.25, 0.3) is 0 Å². The Morgan fingerprint density at radius 2 is 2.05 bits per heavy atom. The van der Waals surface area contributed by atoms with Gasteiger partial charge in [0.15, 0.2) is 0 Å². The summed E-state index contributed by atoms with van der Waals surface area (Å²) >= 11 is 4.90. The number of ether oxygens (including phenoxy) is 1. The van der Waals surface area contributed by atoms with Crippen LogP contribution in [-0.2, 0) is 4.74 Å². The molecule has 20 heavy (non-hydrogen) atoms. The van der Waals surface area contributed by atoms with Gasteiger partial charge >= 0.3 is 0 Å². The Hall–Kier alpha value is -1.46. The highest BCUT2D eigenvalue weighted by molar-refractivity contribution is 7.80. The van der Waals surface area contributed by atoms with Gasteiger partial charge in [-0.3, -0.25) is 4.79 Å². The van der Waals surface area contributed by atoms with E-state index in [0.717, 1.165) is 38.2 Å². The number of nitrogens with two attached hydrogens (primary N) is 1. The molecule has 1 saturated heterocycles. The Labute approximate surface area is 124 Å². The van der Waals surface area contributed by atoms with Gasteiger partial charge in [0.05, 0.1) is 6.61 Å². The van der Waals surface area contributed by atoms with Gasteiger partial charge in [0.2, 0.25) is 0 Å². The first-order valence-electron chi connectivity index (χ1n) is 6.81. The van der Waals surface area contributed by atoms with Crippen LogP contribution in [0.5, 0.6) is 0 Å². The predicted octanol–water partition coefficient (Wildman–Crippen LogP) is 1.82. The second-order valence-electron chi connectivity index (χ2n) is 5.21. The number of thiocarbonyl (C=S) groups is 1. The summed E-state index contributed by atoms with van der Waals surface area (Å²) in [4.78, 5) is 14.4. The maximum Gasteiger partial charge on any atom is 0.253 e. The summed E-state index contributed by atoms with van der Waals surface area (Å²) < 4.78 is 5.44. The van der Waals surface area contributed by atoms with Crippen molar-refractivity contribution in [1.29, 1.82) is 0 Å². The van der Waals surface area contributed by atoms with Crippen molar-refractivity contribution in [3.8, 4) is 0 Å². The van der Waals surface area contributed by atoms with E-state index >= 15 is 0 Å². The molecule has 1 atom stereocenters. The van der Waals surface area contributed by atoms with E-state index in [2.05, 4.69) is 0 Å². The molecule has 1 aliphatic rings. The van der Waals surface area contributed by atoms with Crippen molar-refractivity contribution in [3.63, 3.8) is 0 Å². The molecule has 1 aromatic rings. The molecule has 0 bridgehead atoms. The summed E-state index contributed by atoms with van der Waals surface area (Å²) in [5.41, 5.74) is 6.98. The fourth-order valence-corrected chi connectivity index (χ4v) is 2.56. The smallest absolute Gasteiger partial charge is 0.253 e. The van der Waals surface area contributed by atoms with Gasteiger partial charge in [0.25, 0.3) is 5.91 Å². The molecule has 1 amide bonds. The summed E-state index contributed by atoms with van der Waals surface area (Å²) in [6, 6.07) is 7.11. The van der Waals surface area contributed by atoms with Crippen molar-refractivity contribution in [2.75, 3.05) is 26.8 Å². The third-order valence-corrected chi connectivity index (χ3v) is 3.79. The van der Waals surface area contributed by atoms with E-state index in [0.29, 0.717) is 16.5 Å². The summed E-state index contributed by atoms with van der Waals surface area (Å²) in [6.07, 6.45) is 2.20. The predicted molar refractivity (Wildman–Crippen MR) is 82.8 cm³/mol. The number of nitrogens with zero attached hydrogens (tertiary/aromatic N) is 1. The van der Waals surface area contributed by atoms with Gasteiger partial charge in [-0.1, -0.05) is 24.4 Å². The molecule has 108 valence electrons. The fourth-order valence-electron chi connectivity index (χ4n) is 2.42. The van der Waals surface area contributed by atoms with Crippen molar-refractivity contribution in [2.24, 2.45) is 11.7 Å². The Morgan fingerprint density at radius 1 is 1.40 bits per heavy atom. The highest BCUT2D eigenvalue weighted by atomic mass is 32.1. The first kappa shape index (κ1) is 14.9. The Balaban J connectivity index is 1.96. The highest BCUT2D eigenvalue weighted by Crippen LogP contribution is 2.16. The number of benzene rings is 1. The van der Waals surface area contributed by atoms with Crippen LogP contribution in [0.3, 0.4) is 0 Å². The van der Waals surface area contributed by atoms with Gasteiger partial charge in [0, 0.05) is 31.3 Å². The van der Waals surface area contributed by atoms with E-state index in [9.17, 15) is 4.79 Å². The minimum absolute atomic E-state index is 0.0186. The van der Waals surface area contributed by atoms with Crippen molar-refractivity contribution < 1.29 is 9.53 Å². The third kappa shape index (κ3) is 3.77. The standard InChI is InChI=1S/C15H20N2O2S/c1-17(9-11-3-2-8-19-10-11)15(18)13-6-4-12(5-7-13)14(16)20/h4-7,11H,2-3,8-10H2,1H3,(H2,16,20). The van der Waals surface area contributed by atoms with Crippen molar-refractivity contribution >= 4 is 23.1 Å². The van der Waals surface area contributed by atoms with Gasteiger partial charge in [-0.2, -0.15) is 0 Å². The van der Waals surface area contributed by atoms with Crippen LogP contribution in [0.4, 0.5) is 0 Å². The van der Waals surface area contributed by atoms with Crippen LogP contribution in [0.15, 0.2) is 24.3 Å².